The first-order chi connectivity index (χ1) is 12.7. The van der Waals surface area contributed by atoms with Crippen LogP contribution in [-0.2, 0) is 24.2 Å². The fourth-order valence-electron chi connectivity index (χ4n) is 2.06. The Morgan fingerprint density at radius 3 is 2.44 bits per heavy atom. The highest BCUT2D eigenvalue weighted by Gasteiger charge is 2.18. The lowest BCUT2D eigenvalue weighted by atomic mass is 10.2. The summed E-state index contributed by atoms with van der Waals surface area (Å²) in [5, 5.41) is 3.00. The lowest BCUT2D eigenvalue weighted by Crippen LogP contribution is -2.22. The van der Waals surface area contributed by atoms with Crippen LogP contribution in [0.25, 0.3) is 0 Å². The van der Waals surface area contributed by atoms with Crippen LogP contribution in [0.4, 0.5) is 10.1 Å². The molecule has 9 heteroatoms. The molecule has 1 amide bonds. The van der Waals surface area contributed by atoms with E-state index < -0.39 is 46.3 Å². The molecule has 2 rings (SSSR count). The van der Waals surface area contributed by atoms with E-state index in [0.29, 0.717) is 10.7 Å². The van der Waals surface area contributed by atoms with Crippen molar-refractivity contribution >= 4 is 39.0 Å². The molecule has 2 aromatic rings. The first-order valence-corrected chi connectivity index (χ1v) is 9.90. The molecule has 0 aliphatic rings. The Hall–Kier alpha value is -2.45. The normalized spacial score (nSPS) is 11.1. The van der Waals surface area contributed by atoms with E-state index in [-0.39, 0.29) is 4.90 Å². The van der Waals surface area contributed by atoms with Crippen molar-refractivity contribution in [1.82, 2.24) is 0 Å². The number of hydrogen-bond donors (Lipinski definition) is 1. The van der Waals surface area contributed by atoms with Crippen LogP contribution in [0.1, 0.15) is 12.0 Å². The summed E-state index contributed by atoms with van der Waals surface area (Å²) < 4.78 is 41.8. The average molecular weight is 414 g/mol. The first kappa shape index (κ1) is 20.9. The van der Waals surface area contributed by atoms with Crippen molar-refractivity contribution in [3.05, 3.63) is 58.9 Å². The number of rotatable bonds is 7. The molecule has 0 fully saturated rings. The van der Waals surface area contributed by atoms with Gasteiger partial charge in [0, 0.05) is 10.7 Å². The molecule has 2 aromatic carbocycles. The summed E-state index contributed by atoms with van der Waals surface area (Å²) in [5.74, 6) is -2.48. The van der Waals surface area contributed by atoms with E-state index in [0.717, 1.165) is 29.8 Å². The molecular formula is C18H17ClFNO5S. The molecule has 0 aromatic heterocycles. The molecular weight excluding hydrogens is 397 g/mol. The summed E-state index contributed by atoms with van der Waals surface area (Å²) >= 11 is 5.95. The summed E-state index contributed by atoms with van der Waals surface area (Å²) in [4.78, 5) is 23.4. The molecule has 0 aliphatic carbocycles. The van der Waals surface area contributed by atoms with Crippen LogP contribution >= 0.6 is 11.6 Å². The summed E-state index contributed by atoms with van der Waals surface area (Å²) in [7, 11) is -3.75. The van der Waals surface area contributed by atoms with Gasteiger partial charge in [-0.05, 0) is 48.9 Å². The Morgan fingerprint density at radius 2 is 1.81 bits per heavy atom. The van der Waals surface area contributed by atoms with E-state index in [1.165, 1.54) is 0 Å². The highest BCUT2D eigenvalue weighted by Crippen LogP contribution is 2.19. The van der Waals surface area contributed by atoms with Crippen molar-refractivity contribution in [3.8, 4) is 0 Å². The van der Waals surface area contributed by atoms with Crippen molar-refractivity contribution < 1.29 is 27.1 Å². The zero-order valence-corrected chi connectivity index (χ0v) is 15.9. The molecule has 27 heavy (non-hydrogen) atoms. The van der Waals surface area contributed by atoms with E-state index in [1.807, 2.05) is 6.92 Å². The van der Waals surface area contributed by atoms with Gasteiger partial charge in [0.15, 0.2) is 16.4 Å². The number of carbonyl (C=O) groups is 2. The van der Waals surface area contributed by atoms with Gasteiger partial charge >= 0.3 is 5.97 Å². The Bertz CT molecular complexity index is 945. The number of amides is 1. The molecule has 0 saturated carbocycles. The second-order valence-corrected chi connectivity index (χ2v) is 8.21. The van der Waals surface area contributed by atoms with E-state index >= 15 is 0 Å². The molecule has 0 radical (unpaired) electrons. The molecule has 144 valence electrons. The highest BCUT2D eigenvalue weighted by atomic mass is 35.5. The van der Waals surface area contributed by atoms with Crippen LogP contribution in [0.15, 0.2) is 47.4 Å². The number of halogens is 2. The largest absolute Gasteiger partial charge is 0.456 e. The predicted molar refractivity (Wildman–Crippen MR) is 98.8 cm³/mol. The van der Waals surface area contributed by atoms with Crippen LogP contribution in [-0.4, -0.2) is 32.7 Å². The minimum atomic E-state index is -3.75. The molecule has 0 bridgehead atoms. The Labute approximate surface area is 161 Å². The lowest BCUT2D eigenvalue weighted by molar-refractivity contribution is -0.146. The molecule has 0 atom stereocenters. The summed E-state index contributed by atoms with van der Waals surface area (Å²) in [6.45, 7) is 1.26. The quantitative estimate of drug-likeness (QED) is 0.556. The van der Waals surface area contributed by atoms with Gasteiger partial charge in [0.05, 0.1) is 17.1 Å². The summed E-state index contributed by atoms with van der Waals surface area (Å²) in [6, 6.07) is 9.22. The van der Waals surface area contributed by atoms with Crippen molar-refractivity contribution in [1.29, 1.82) is 0 Å². The molecule has 0 spiro atoms. The summed E-state index contributed by atoms with van der Waals surface area (Å²) in [5.41, 5.74) is 1.30. The topological polar surface area (TPSA) is 89.5 Å². The second-order valence-electron chi connectivity index (χ2n) is 5.70. The number of ether oxygens (including phenoxy) is 1. The molecule has 0 unspecified atom stereocenters. The van der Waals surface area contributed by atoms with Crippen molar-refractivity contribution in [3.63, 3.8) is 0 Å². The number of anilines is 1. The van der Waals surface area contributed by atoms with Gasteiger partial charge in [-0.3, -0.25) is 9.59 Å². The zero-order chi connectivity index (χ0) is 20.0. The van der Waals surface area contributed by atoms with Crippen molar-refractivity contribution in [2.45, 2.75) is 18.2 Å². The third-order valence-corrected chi connectivity index (χ3v) is 5.71. The standard InChI is InChI=1S/C18H17ClFNO5S/c1-12-2-5-14(10-16(12)19)21-17(22)11-26-18(23)8-9-27(24,25)15-6-3-13(20)4-7-15/h2-7,10H,8-9,11H2,1H3,(H,21,22). The van der Waals surface area contributed by atoms with Crippen molar-refractivity contribution in [2.24, 2.45) is 0 Å². The van der Waals surface area contributed by atoms with E-state index in [4.69, 9.17) is 16.3 Å². The lowest BCUT2D eigenvalue weighted by Gasteiger charge is -2.08. The third-order valence-electron chi connectivity index (χ3n) is 3.57. The van der Waals surface area contributed by atoms with Crippen LogP contribution in [0, 0.1) is 12.7 Å². The fraction of sp³-hybridized carbons (Fsp3) is 0.222. The number of nitrogens with one attached hydrogen (secondary N) is 1. The predicted octanol–water partition coefficient (Wildman–Crippen LogP) is 3.13. The average Bonchev–Trinajstić information content (AvgIpc) is 2.62. The smallest absolute Gasteiger partial charge is 0.307 e. The molecule has 0 saturated heterocycles. The molecule has 1 N–H and O–H groups in total. The summed E-state index contributed by atoms with van der Waals surface area (Å²) in [6.07, 6.45) is -0.427. The third kappa shape index (κ3) is 6.33. The van der Waals surface area contributed by atoms with Crippen LogP contribution in [0.3, 0.4) is 0 Å². The van der Waals surface area contributed by atoms with Gasteiger partial charge in [0.25, 0.3) is 5.91 Å². The van der Waals surface area contributed by atoms with E-state index in [1.54, 1.807) is 18.2 Å². The number of benzene rings is 2. The van der Waals surface area contributed by atoms with Gasteiger partial charge in [0.2, 0.25) is 0 Å². The van der Waals surface area contributed by atoms with E-state index in [2.05, 4.69) is 5.32 Å². The minimum absolute atomic E-state index is 0.0920. The first-order valence-electron chi connectivity index (χ1n) is 7.87. The molecule has 0 aliphatic heterocycles. The second kappa shape index (κ2) is 8.96. The van der Waals surface area contributed by atoms with E-state index in [9.17, 15) is 22.4 Å². The Balaban J connectivity index is 1.80. The number of hydrogen-bond acceptors (Lipinski definition) is 5. The Kier molecular flexibility index (Phi) is 6.92. The molecule has 6 nitrogen and oxygen atoms in total. The number of sulfone groups is 1. The SMILES string of the molecule is Cc1ccc(NC(=O)COC(=O)CCS(=O)(=O)c2ccc(F)cc2)cc1Cl. The maximum absolute atomic E-state index is 12.8. The van der Waals surface area contributed by atoms with Crippen LogP contribution in [0.2, 0.25) is 5.02 Å². The number of aryl methyl sites for hydroxylation is 1. The maximum atomic E-state index is 12.8. The van der Waals surface area contributed by atoms with Gasteiger partial charge in [0.1, 0.15) is 5.82 Å². The number of esters is 1. The fourth-order valence-corrected chi connectivity index (χ4v) is 3.47. The van der Waals surface area contributed by atoms with Crippen LogP contribution < -0.4 is 5.32 Å². The monoisotopic (exact) mass is 413 g/mol. The minimum Gasteiger partial charge on any atom is -0.456 e. The van der Waals surface area contributed by atoms with Gasteiger partial charge in [-0.2, -0.15) is 0 Å². The van der Waals surface area contributed by atoms with Gasteiger partial charge in [-0.1, -0.05) is 17.7 Å². The van der Waals surface area contributed by atoms with Gasteiger partial charge in [-0.25, -0.2) is 12.8 Å². The van der Waals surface area contributed by atoms with Crippen LogP contribution in [0.5, 0.6) is 0 Å². The highest BCUT2D eigenvalue weighted by molar-refractivity contribution is 7.91. The van der Waals surface area contributed by atoms with Crippen molar-refractivity contribution in [2.75, 3.05) is 17.7 Å². The van der Waals surface area contributed by atoms with Gasteiger partial charge in [-0.15, -0.1) is 0 Å². The maximum Gasteiger partial charge on any atom is 0.307 e. The number of carbonyl (C=O) groups excluding carboxylic acids is 2. The Morgan fingerprint density at radius 1 is 1.15 bits per heavy atom. The molecule has 0 heterocycles. The zero-order valence-electron chi connectivity index (χ0n) is 14.4. The van der Waals surface area contributed by atoms with Gasteiger partial charge < -0.3 is 10.1 Å².